The predicted octanol–water partition coefficient (Wildman–Crippen LogP) is 2.79. The van der Waals surface area contributed by atoms with E-state index in [-0.39, 0.29) is 0 Å². The maximum absolute atomic E-state index is 6.12. The minimum Gasteiger partial charge on any atom is -0.454 e. The van der Waals surface area contributed by atoms with Gasteiger partial charge in [-0.25, -0.2) is 0 Å². The lowest BCUT2D eigenvalue weighted by Crippen LogP contribution is -2.26. The van der Waals surface area contributed by atoms with E-state index in [1.165, 1.54) is 18.4 Å². The fourth-order valence-electron chi connectivity index (χ4n) is 2.57. The van der Waals surface area contributed by atoms with E-state index in [4.69, 9.17) is 21.1 Å². The summed E-state index contributed by atoms with van der Waals surface area (Å²) in [4.78, 5) is 2.45. The predicted molar refractivity (Wildman–Crippen MR) is 66.8 cm³/mol. The number of rotatable bonds is 3. The van der Waals surface area contributed by atoms with Crippen molar-refractivity contribution in [3.05, 3.63) is 23.8 Å². The average Bonchev–Trinajstić information content (AvgIpc) is 2.99. The molecule has 0 saturated carbocycles. The third-order valence-corrected chi connectivity index (χ3v) is 3.80. The number of fused-ring (bicyclic) bond motifs is 1. The Morgan fingerprint density at radius 2 is 1.94 bits per heavy atom. The second-order valence-corrected chi connectivity index (χ2v) is 4.83. The van der Waals surface area contributed by atoms with Gasteiger partial charge in [-0.3, -0.25) is 4.90 Å². The Hall–Kier alpha value is -0.930. The first-order valence-electron chi connectivity index (χ1n) is 6.08. The van der Waals surface area contributed by atoms with Gasteiger partial charge in [0.15, 0.2) is 11.5 Å². The van der Waals surface area contributed by atoms with Crippen LogP contribution in [0.25, 0.3) is 0 Å². The zero-order valence-corrected chi connectivity index (χ0v) is 10.4. The number of halogens is 1. The summed E-state index contributed by atoms with van der Waals surface area (Å²) in [6.07, 6.45) is 2.55. The summed E-state index contributed by atoms with van der Waals surface area (Å²) < 4.78 is 10.7. The molecule has 0 aliphatic carbocycles. The quantitative estimate of drug-likeness (QED) is 0.774. The molecule has 4 heteroatoms. The highest BCUT2D eigenvalue weighted by Crippen LogP contribution is 2.36. The SMILES string of the molecule is ClCC(c1ccc2c(c1)OCO2)N1CCCC1. The van der Waals surface area contributed by atoms with Gasteiger partial charge in [0.1, 0.15) is 0 Å². The maximum Gasteiger partial charge on any atom is 0.231 e. The molecule has 0 radical (unpaired) electrons. The molecule has 2 aliphatic rings. The monoisotopic (exact) mass is 253 g/mol. The molecular weight excluding hydrogens is 238 g/mol. The van der Waals surface area contributed by atoms with Crippen LogP contribution in [0.5, 0.6) is 11.5 Å². The van der Waals surface area contributed by atoms with Crippen LogP contribution >= 0.6 is 11.6 Å². The minimum atomic E-state index is 0.300. The van der Waals surface area contributed by atoms with Gasteiger partial charge in [0.05, 0.1) is 0 Å². The molecule has 0 bridgehead atoms. The number of hydrogen-bond donors (Lipinski definition) is 0. The number of likely N-dealkylation sites (tertiary alicyclic amines) is 1. The van der Waals surface area contributed by atoms with Crippen molar-refractivity contribution in [3.8, 4) is 11.5 Å². The molecule has 92 valence electrons. The summed E-state index contributed by atoms with van der Waals surface area (Å²) in [6.45, 7) is 2.62. The van der Waals surface area contributed by atoms with Crippen LogP contribution in [0, 0.1) is 0 Å². The highest BCUT2D eigenvalue weighted by Gasteiger charge is 2.24. The average molecular weight is 254 g/mol. The maximum atomic E-state index is 6.12. The van der Waals surface area contributed by atoms with E-state index in [9.17, 15) is 0 Å². The van der Waals surface area contributed by atoms with Crippen molar-refractivity contribution < 1.29 is 9.47 Å². The summed E-state index contributed by atoms with van der Waals surface area (Å²) in [6, 6.07) is 6.44. The Labute approximate surface area is 106 Å². The Morgan fingerprint density at radius 1 is 1.18 bits per heavy atom. The van der Waals surface area contributed by atoms with Gasteiger partial charge in [-0.2, -0.15) is 0 Å². The van der Waals surface area contributed by atoms with Gasteiger partial charge in [0.2, 0.25) is 6.79 Å². The van der Waals surface area contributed by atoms with E-state index >= 15 is 0 Å². The third kappa shape index (κ3) is 2.09. The second kappa shape index (κ2) is 4.75. The minimum absolute atomic E-state index is 0.300. The standard InChI is InChI=1S/C13H16ClNO2/c14-8-11(15-5-1-2-6-15)10-3-4-12-13(7-10)17-9-16-12/h3-4,7,11H,1-2,5-6,8-9H2. The van der Waals surface area contributed by atoms with Crippen LogP contribution < -0.4 is 9.47 Å². The summed E-state index contributed by atoms with van der Waals surface area (Å²) in [7, 11) is 0. The fraction of sp³-hybridized carbons (Fsp3) is 0.538. The van der Waals surface area contributed by atoms with Gasteiger partial charge in [0, 0.05) is 11.9 Å². The van der Waals surface area contributed by atoms with Gasteiger partial charge in [-0.1, -0.05) is 6.07 Å². The van der Waals surface area contributed by atoms with Crippen LogP contribution in [0.1, 0.15) is 24.4 Å². The molecule has 1 aromatic carbocycles. The Balaban J connectivity index is 1.85. The van der Waals surface area contributed by atoms with E-state index in [0.717, 1.165) is 24.6 Å². The normalized spacial score (nSPS) is 20.8. The third-order valence-electron chi connectivity index (χ3n) is 3.51. The molecule has 1 unspecified atom stereocenters. The number of benzene rings is 1. The number of nitrogens with zero attached hydrogens (tertiary/aromatic N) is 1. The smallest absolute Gasteiger partial charge is 0.231 e. The molecule has 0 spiro atoms. The molecular formula is C13H16ClNO2. The van der Waals surface area contributed by atoms with Crippen molar-refractivity contribution in [2.24, 2.45) is 0 Å². The molecule has 0 N–H and O–H groups in total. The fourth-order valence-corrected chi connectivity index (χ4v) is 2.94. The van der Waals surface area contributed by atoms with Crippen LogP contribution in [-0.2, 0) is 0 Å². The molecule has 3 rings (SSSR count). The Kier molecular flexibility index (Phi) is 3.12. The largest absolute Gasteiger partial charge is 0.454 e. The highest BCUT2D eigenvalue weighted by atomic mass is 35.5. The first-order chi connectivity index (χ1) is 8.38. The zero-order chi connectivity index (χ0) is 11.7. The van der Waals surface area contributed by atoms with E-state index < -0.39 is 0 Å². The summed E-state index contributed by atoms with van der Waals surface area (Å²) >= 11 is 6.12. The number of alkyl halides is 1. The molecule has 0 amide bonds. The molecule has 1 fully saturated rings. The first kappa shape index (κ1) is 11.2. The molecule has 2 heterocycles. The highest BCUT2D eigenvalue weighted by molar-refractivity contribution is 6.18. The summed E-state index contributed by atoms with van der Waals surface area (Å²) in [5.74, 6) is 2.31. The van der Waals surface area contributed by atoms with Crippen molar-refractivity contribution in [2.45, 2.75) is 18.9 Å². The number of hydrogen-bond acceptors (Lipinski definition) is 3. The molecule has 1 aromatic rings. The van der Waals surface area contributed by atoms with Crippen molar-refractivity contribution in [1.82, 2.24) is 4.90 Å². The van der Waals surface area contributed by atoms with Crippen LogP contribution in [0.3, 0.4) is 0 Å². The second-order valence-electron chi connectivity index (χ2n) is 4.53. The molecule has 0 aromatic heterocycles. The van der Waals surface area contributed by atoms with Crippen molar-refractivity contribution in [3.63, 3.8) is 0 Å². The van der Waals surface area contributed by atoms with Crippen LogP contribution in [0.4, 0.5) is 0 Å². The Morgan fingerprint density at radius 3 is 2.71 bits per heavy atom. The first-order valence-corrected chi connectivity index (χ1v) is 6.61. The summed E-state index contributed by atoms with van der Waals surface area (Å²) in [5, 5.41) is 0. The lowest BCUT2D eigenvalue weighted by atomic mass is 10.1. The van der Waals surface area contributed by atoms with E-state index in [0.29, 0.717) is 18.7 Å². The van der Waals surface area contributed by atoms with Crippen molar-refractivity contribution in [1.29, 1.82) is 0 Å². The number of ether oxygens (including phenoxy) is 2. The van der Waals surface area contributed by atoms with Crippen molar-refractivity contribution >= 4 is 11.6 Å². The van der Waals surface area contributed by atoms with Crippen molar-refractivity contribution in [2.75, 3.05) is 25.8 Å². The van der Waals surface area contributed by atoms with Gasteiger partial charge in [0.25, 0.3) is 0 Å². The van der Waals surface area contributed by atoms with E-state index in [1.807, 2.05) is 6.07 Å². The molecule has 1 saturated heterocycles. The zero-order valence-electron chi connectivity index (χ0n) is 9.69. The van der Waals surface area contributed by atoms with Gasteiger partial charge in [-0.15, -0.1) is 11.6 Å². The molecule has 17 heavy (non-hydrogen) atoms. The lowest BCUT2D eigenvalue weighted by Gasteiger charge is -2.26. The van der Waals surface area contributed by atoms with Gasteiger partial charge >= 0.3 is 0 Å². The topological polar surface area (TPSA) is 21.7 Å². The Bertz CT molecular complexity index is 404. The lowest BCUT2D eigenvalue weighted by molar-refractivity contribution is 0.174. The van der Waals surface area contributed by atoms with E-state index in [1.54, 1.807) is 0 Å². The van der Waals surface area contributed by atoms with E-state index in [2.05, 4.69) is 17.0 Å². The van der Waals surface area contributed by atoms with Crippen LogP contribution in [0.15, 0.2) is 18.2 Å². The summed E-state index contributed by atoms with van der Waals surface area (Å²) in [5.41, 5.74) is 1.23. The molecule has 1 atom stereocenters. The van der Waals surface area contributed by atoms with Crippen LogP contribution in [0.2, 0.25) is 0 Å². The molecule has 2 aliphatic heterocycles. The van der Waals surface area contributed by atoms with Gasteiger partial charge < -0.3 is 9.47 Å². The molecule has 3 nitrogen and oxygen atoms in total. The van der Waals surface area contributed by atoms with Crippen LogP contribution in [-0.4, -0.2) is 30.7 Å². The van der Waals surface area contributed by atoms with Gasteiger partial charge in [-0.05, 0) is 43.6 Å².